The van der Waals surface area contributed by atoms with E-state index in [2.05, 4.69) is 17.3 Å². The fourth-order valence-corrected chi connectivity index (χ4v) is 1.28. The van der Waals surface area contributed by atoms with Gasteiger partial charge in [0.05, 0.1) is 0 Å². The lowest BCUT2D eigenvalue weighted by molar-refractivity contribution is 0.475. The number of para-hydroxylation sites is 1. The highest BCUT2D eigenvalue weighted by atomic mass is 16.3. The minimum Gasteiger partial charge on any atom is -0.508 e. The van der Waals surface area contributed by atoms with Crippen molar-refractivity contribution in [2.75, 3.05) is 5.32 Å². The van der Waals surface area contributed by atoms with Crippen LogP contribution in [0.1, 0.15) is 5.56 Å². The van der Waals surface area contributed by atoms with Crippen LogP contribution in [-0.4, -0.2) is 5.11 Å². The second kappa shape index (κ2) is 4.90. The molecular weight excluding hydrogens is 198 g/mol. The number of benzene rings is 2. The highest BCUT2D eigenvalue weighted by molar-refractivity contribution is 5.49. The van der Waals surface area contributed by atoms with Gasteiger partial charge >= 0.3 is 0 Å². The Kier molecular flexibility index (Phi) is 3.10. The third-order valence-corrected chi connectivity index (χ3v) is 2.03. The average molecular weight is 209 g/mol. The maximum Gasteiger partial charge on any atom is 0.116 e. The summed E-state index contributed by atoms with van der Waals surface area (Å²) in [6.45, 7) is 0. The lowest BCUT2D eigenvalue weighted by Crippen LogP contribution is -1.86. The van der Waals surface area contributed by atoms with Crippen molar-refractivity contribution in [3.8, 4) is 17.7 Å². The van der Waals surface area contributed by atoms with Crippen molar-refractivity contribution in [2.24, 2.45) is 0 Å². The van der Waals surface area contributed by atoms with Gasteiger partial charge in [-0.05, 0) is 36.3 Å². The second-order valence-corrected chi connectivity index (χ2v) is 3.29. The molecule has 0 aliphatic carbocycles. The zero-order valence-electron chi connectivity index (χ0n) is 8.64. The quantitative estimate of drug-likeness (QED) is 0.559. The van der Waals surface area contributed by atoms with E-state index in [0.717, 1.165) is 11.3 Å². The molecule has 0 amide bonds. The SMILES string of the molecule is Oc1cccc(C#CNc2ccccc2)c1. The van der Waals surface area contributed by atoms with Crippen molar-refractivity contribution in [1.29, 1.82) is 0 Å². The van der Waals surface area contributed by atoms with Crippen LogP contribution in [-0.2, 0) is 0 Å². The maximum absolute atomic E-state index is 9.24. The second-order valence-electron chi connectivity index (χ2n) is 3.29. The van der Waals surface area contributed by atoms with E-state index in [0.29, 0.717) is 0 Å². The van der Waals surface area contributed by atoms with Crippen LogP contribution in [0, 0.1) is 12.0 Å². The number of nitrogens with one attached hydrogen (secondary N) is 1. The molecule has 0 atom stereocenters. The Hall–Kier alpha value is -2.40. The van der Waals surface area contributed by atoms with Crippen molar-refractivity contribution < 1.29 is 5.11 Å². The summed E-state index contributed by atoms with van der Waals surface area (Å²) < 4.78 is 0. The number of rotatable bonds is 1. The molecule has 0 heterocycles. The zero-order valence-corrected chi connectivity index (χ0v) is 8.64. The first-order valence-corrected chi connectivity index (χ1v) is 4.96. The first-order valence-electron chi connectivity index (χ1n) is 4.96. The van der Waals surface area contributed by atoms with Crippen LogP contribution in [0.2, 0.25) is 0 Å². The lowest BCUT2D eigenvalue weighted by atomic mass is 10.2. The van der Waals surface area contributed by atoms with E-state index >= 15 is 0 Å². The van der Waals surface area contributed by atoms with Crippen molar-refractivity contribution in [3.05, 3.63) is 60.2 Å². The van der Waals surface area contributed by atoms with Gasteiger partial charge in [0.15, 0.2) is 0 Å². The fourth-order valence-electron chi connectivity index (χ4n) is 1.28. The molecule has 0 unspecified atom stereocenters. The van der Waals surface area contributed by atoms with Gasteiger partial charge in [-0.25, -0.2) is 0 Å². The number of phenolic OH excluding ortho intramolecular Hbond substituents is 1. The Morgan fingerprint density at radius 3 is 2.50 bits per heavy atom. The van der Waals surface area contributed by atoms with Crippen molar-refractivity contribution >= 4 is 5.69 Å². The van der Waals surface area contributed by atoms with Crippen LogP contribution in [0.3, 0.4) is 0 Å². The first-order chi connectivity index (χ1) is 7.84. The van der Waals surface area contributed by atoms with Crippen molar-refractivity contribution in [3.63, 3.8) is 0 Å². The Balaban J connectivity index is 2.06. The molecule has 2 aromatic carbocycles. The molecular formula is C14H11NO. The van der Waals surface area contributed by atoms with E-state index in [1.54, 1.807) is 18.2 Å². The summed E-state index contributed by atoms with van der Waals surface area (Å²) in [5, 5.41) is 12.2. The maximum atomic E-state index is 9.24. The highest BCUT2D eigenvalue weighted by Gasteiger charge is 1.88. The van der Waals surface area contributed by atoms with Gasteiger partial charge in [-0.3, -0.25) is 0 Å². The van der Waals surface area contributed by atoms with Gasteiger partial charge in [-0.15, -0.1) is 0 Å². The van der Waals surface area contributed by atoms with Crippen molar-refractivity contribution in [2.45, 2.75) is 0 Å². The molecule has 2 heteroatoms. The van der Waals surface area contributed by atoms with Gasteiger partial charge in [0.1, 0.15) is 5.75 Å². The molecule has 0 aliphatic heterocycles. The van der Waals surface area contributed by atoms with Crippen LogP contribution in [0.25, 0.3) is 0 Å². The van der Waals surface area contributed by atoms with Crippen LogP contribution < -0.4 is 5.32 Å². The summed E-state index contributed by atoms with van der Waals surface area (Å²) in [4.78, 5) is 0. The van der Waals surface area contributed by atoms with Crippen LogP contribution in [0.5, 0.6) is 5.75 Å². The average Bonchev–Trinajstić information content (AvgIpc) is 2.30. The fraction of sp³-hybridized carbons (Fsp3) is 0. The zero-order chi connectivity index (χ0) is 11.2. The molecule has 2 rings (SSSR count). The van der Waals surface area contributed by atoms with E-state index in [1.807, 2.05) is 36.4 Å². The number of aromatic hydroxyl groups is 1. The largest absolute Gasteiger partial charge is 0.508 e. The summed E-state index contributed by atoms with van der Waals surface area (Å²) in [5.41, 5.74) is 1.73. The third-order valence-electron chi connectivity index (χ3n) is 2.03. The topological polar surface area (TPSA) is 32.3 Å². The predicted octanol–water partition coefficient (Wildman–Crippen LogP) is 2.81. The summed E-state index contributed by atoms with van der Waals surface area (Å²) in [6, 6.07) is 19.4. The predicted molar refractivity (Wildman–Crippen MR) is 65.0 cm³/mol. The molecule has 16 heavy (non-hydrogen) atoms. The molecule has 0 bridgehead atoms. The summed E-state index contributed by atoms with van der Waals surface area (Å²) >= 11 is 0. The Morgan fingerprint density at radius 1 is 0.938 bits per heavy atom. The summed E-state index contributed by atoms with van der Waals surface area (Å²) in [6.07, 6.45) is 0. The van der Waals surface area contributed by atoms with Gasteiger partial charge in [-0.1, -0.05) is 24.3 Å². The number of hydrogen-bond acceptors (Lipinski definition) is 2. The summed E-state index contributed by atoms with van der Waals surface area (Å²) in [7, 11) is 0. The molecule has 2 aromatic rings. The standard InChI is InChI=1S/C14H11NO/c16-14-8-4-5-12(11-14)9-10-15-13-6-2-1-3-7-13/h1-8,11,15-16H. The van der Waals surface area contributed by atoms with Crippen molar-refractivity contribution in [1.82, 2.24) is 0 Å². The molecule has 2 N–H and O–H groups in total. The van der Waals surface area contributed by atoms with Crippen LogP contribution in [0.4, 0.5) is 5.69 Å². The van der Waals surface area contributed by atoms with E-state index < -0.39 is 0 Å². The third kappa shape index (κ3) is 2.79. The lowest BCUT2D eigenvalue weighted by Gasteiger charge is -1.95. The van der Waals surface area contributed by atoms with Gasteiger partial charge < -0.3 is 10.4 Å². The van der Waals surface area contributed by atoms with E-state index in [-0.39, 0.29) is 5.75 Å². The van der Waals surface area contributed by atoms with E-state index in [4.69, 9.17) is 0 Å². The van der Waals surface area contributed by atoms with E-state index in [9.17, 15) is 5.11 Å². The van der Waals surface area contributed by atoms with Gasteiger partial charge in [0.2, 0.25) is 0 Å². The Morgan fingerprint density at radius 2 is 1.75 bits per heavy atom. The molecule has 0 fully saturated rings. The van der Waals surface area contributed by atoms with Crippen LogP contribution in [0.15, 0.2) is 54.6 Å². The molecule has 0 aliphatic rings. The molecule has 0 spiro atoms. The normalized spacial score (nSPS) is 9.00. The van der Waals surface area contributed by atoms with Crippen LogP contribution >= 0.6 is 0 Å². The van der Waals surface area contributed by atoms with Gasteiger partial charge in [0.25, 0.3) is 0 Å². The monoisotopic (exact) mass is 209 g/mol. The molecule has 78 valence electrons. The number of anilines is 1. The smallest absolute Gasteiger partial charge is 0.116 e. The first kappa shape index (κ1) is 10.1. The minimum atomic E-state index is 0.228. The molecule has 0 radical (unpaired) electrons. The van der Waals surface area contributed by atoms with E-state index in [1.165, 1.54) is 0 Å². The molecule has 0 saturated heterocycles. The van der Waals surface area contributed by atoms with Gasteiger partial charge in [0, 0.05) is 17.3 Å². The Labute approximate surface area is 94.6 Å². The molecule has 0 aromatic heterocycles. The minimum absolute atomic E-state index is 0.228. The number of phenols is 1. The van der Waals surface area contributed by atoms with Gasteiger partial charge in [-0.2, -0.15) is 0 Å². The molecule has 2 nitrogen and oxygen atoms in total. The summed E-state index contributed by atoms with van der Waals surface area (Å²) in [5.74, 6) is 3.14. The highest BCUT2D eigenvalue weighted by Crippen LogP contribution is 2.09. The molecule has 0 saturated carbocycles. The Bertz CT molecular complexity index is 523. The number of hydrogen-bond donors (Lipinski definition) is 2.